The van der Waals surface area contributed by atoms with Crippen molar-refractivity contribution in [2.45, 2.75) is 98.4 Å². The SMILES string of the molecule is C=C[Si](CC[Si](C)(OC(C)C)OC(C)C)(OC(C)C)OC(C)C. The van der Waals surface area contributed by atoms with Gasteiger partial charge >= 0.3 is 17.1 Å². The first-order chi connectivity index (χ1) is 10.4. The van der Waals surface area contributed by atoms with Crippen LogP contribution in [0.15, 0.2) is 12.3 Å². The van der Waals surface area contributed by atoms with Crippen LogP contribution in [0.2, 0.25) is 18.6 Å². The predicted octanol–water partition coefficient (Wildman–Crippen LogP) is 4.93. The van der Waals surface area contributed by atoms with Crippen LogP contribution < -0.4 is 0 Å². The average Bonchev–Trinajstić information content (AvgIpc) is 2.32. The van der Waals surface area contributed by atoms with Gasteiger partial charge in [-0.3, -0.25) is 0 Å². The van der Waals surface area contributed by atoms with Gasteiger partial charge in [0.2, 0.25) is 0 Å². The van der Waals surface area contributed by atoms with Gasteiger partial charge in [0, 0.05) is 24.4 Å². The summed E-state index contributed by atoms with van der Waals surface area (Å²) in [6.07, 6.45) is 0.538. The second-order valence-electron chi connectivity index (χ2n) is 7.32. The fourth-order valence-electron chi connectivity index (χ4n) is 2.69. The molecule has 0 atom stereocenters. The molecule has 0 heterocycles. The maximum atomic E-state index is 6.21. The molecule has 6 heteroatoms. The van der Waals surface area contributed by atoms with Crippen molar-refractivity contribution in [1.29, 1.82) is 0 Å². The van der Waals surface area contributed by atoms with E-state index < -0.39 is 17.1 Å². The molecule has 0 radical (unpaired) electrons. The molecule has 138 valence electrons. The Hall–Kier alpha value is 0.0138. The average molecular weight is 363 g/mol. The molecule has 0 N–H and O–H groups in total. The summed E-state index contributed by atoms with van der Waals surface area (Å²) >= 11 is 0. The van der Waals surface area contributed by atoms with E-state index >= 15 is 0 Å². The molecule has 0 aliphatic rings. The molecule has 0 spiro atoms. The van der Waals surface area contributed by atoms with Crippen LogP contribution in [0.5, 0.6) is 0 Å². The van der Waals surface area contributed by atoms with Gasteiger partial charge in [-0.05, 0) is 79.7 Å². The van der Waals surface area contributed by atoms with Crippen molar-refractivity contribution < 1.29 is 17.7 Å². The van der Waals surface area contributed by atoms with Crippen LogP contribution in [-0.2, 0) is 17.7 Å². The standard InChI is InChI=1S/C17H38O4Si2/c1-11-23(20-16(6)7,21-17(8)9)13-12-22(10,18-14(2)3)19-15(4)5/h11,14-17H,1,12-13H2,2-10H3. The third kappa shape index (κ3) is 9.79. The Labute approximate surface area is 146 Å². The molecule has 0 fully saturated rings. The molecule has 0 unspecified atom stereocenters. The second kappa shape index (κ2) is 10.1. The van der Waals surface area contributed by atoms with Crippen molar-refractivity contribution in [3.8, 4) is 0 Å². The van der Waals surface area contributed by atoms with Crippen molar-refractivity contribution in [2.24, 2.45) is 0 Å². The highest BCUT2D eigenvalue weighted by atomic mass is 28.4. The van der Waals surface area contributed by atoms with Crippen LogP contribution in [-0.4, -0.2) is 41.5 Å². The van der Waals surface area contributed by atoms with E-state index in [-0.39, 0.29) is 24.4 Å². The minimum absolute atomic E-state index is 0.114. The molecule has 0 aliphatic heterocycles. The first-order valence-electron chi connectivity index (χ1n) is 8.78. The number of hydrogen-bond acceptors (Lipinski definition) is 4. The fourth-order valence-corrected chi connectivity index (χ4v) is 10.5. The van der Waals surface area contributed by atoms with Gasteiger partial charge in [-0.1, -0.05) is 0 Å². The van der Waals surface area contributed by atoms with Crippen LogP contribution in [0.1, 0.15) is 55.4 Å². The Bertz CT molecular complexity index is 323. The quantitative estimate of drug-likeness (QED) is 0.461. The minimum Gasteiger partial charge on any atom is -0.392 e. The summed E-state index contributed by atoms with van der Waals surface area (Å²) in [6.45, 7) is 22.5. The highest BCUT2D eigenvalue weighted by Crippen LogP contribution is 2.28. The van der Waals surface area contributed by atoms with Crippen LogP contribution >= 0.6 is 0 Å². The summed E-state index contributed by atoms with van der Waals surface area (Å²) in [5.74, 6) is 0. The molecular formula is C17H38O4Si2. The van der Waals surface area contributed by atoms with E-state index in [0.717, 1.165) is 12.1 Å². The van der Waals surface area contributed by atoms with E-state index in [1.165, 1.54) is 0 Å². The molecule has 0 aromatic rings. The summed E-state index contributed by atoms with van der Waals surface area (Å²) in [6, 6.07) is 1.66. The molecule has 0 aliphatic carbocycles. The molecule has 0 saturated carbocycles. The van der Waals surface area contributed by atoms with Gasteiger partial charge in [0.1, 0.15) is 0 Å². The molecule has 0 aromatic carbocycles. The van der Waals surface area contributed by atoms with E-state index in [0.29, 0.717) is 0 Å². The van der Waals surface area contributed by atoms with Crippen molar-refractivity contribution in [1.82, 2.24) is 0 Å². The Morgan fingerprint density at radius 2 is 1.04 bits per heavy atom. The monoisotopic (exact) mass is 362 g/mol. The van der Waals surface area contributed by atoms with Gasteiger partial charge in [0.05, 0.1) is 0 Å². The van der Waals surface area contributed by atoms with Crippen LogP contribution in [0.4, 0.5) is 0 Å². The molecule has 4 nitrogen and oxygen atoms in total. The predicted molar refractivity (Wildman–Crippen MR) is 102 cm³/mol. The molecular weight excluding hydrogens is 324 g/mol. The zero-order valence-electron chi connectivity index (χ0n) is 16.6. The zero-order chi connectivity index (χ0) is 18.3. The zero-order valence-corrected chi connectivity index (χ0v) is 18.6. The second-order valence-corrected chi connectivity index (χ2v) is 13.6. The van der Waals surface area contributed by atoms with Gasteiger partial charge in [-0.25, -0.2) is 0 Å². The highest BCUT2D eigenvalue weighted by Gasteiger charge is 2.42. The summed E-state index contributed by atoms with van der Waals surface area (Å²) in [7, 11) is -4.75. The van der Waals surface area contributed by atoms with Gasteiger partial charge in [0.15, 0.2) is 0 Å². The Morgan fingerprint density at radius 1 is 0.696 bits per heavy atom. The summed E-state index contributed by atoms with van der Waals surface area (Å²) in [5, 5.41) is 0. The maximum Gasteiger partial charge on any atom is 0.364 e. The minimum atomic E-state index is -2.47. The smallest absolute Gasteiger partial charge is 0.364 e. The molecule has 23 heavy (non-hydrogen) atoms. The lowest BCUT2D eigenvalue weighted by atomic mass is 10.5. The van der Waals surface area contributed by atoms with Gasteiger partial charge in [0.25, 0.3) is 0 Å². The van der Waals surface area contributed by atoms with Crippen molar-refractivity contribution in [3.05, 3.63) is 12.3 Å². The largest absolute Gasteiger partial charge is 0.392 e. The van der Waals surface area contributed by atoms with Crippen LogP contribution in [0.3, 0.4) is 0 Å². The third-order valence-electron chi connectivity index (χ3n) is 3.08. The van der Waals surface area contributed by atoms with Crippen molar-refractivity contribution in [2.75, 3.05) is 0 Å². The van der Waals surface area contributed by atoms with Gasteiger partial charge in [-0.15, -0.1) is 6.58 Å². The summed E-state index contributed by atoms with van der Waals surface area (Å²) in [4.78, 5) is 0. The van der Waals surface area contributed by atoms with Crippen molar-refractivity contribution >= 4 is 17.1 Å². The Morgan fingerprint density at radius 3 is 1.30 bits per heavy atom. The fraction of sp³-hybridized carbons (Fsp3) is 0.882. The van der Waals surface area contributed by atoms with E-state index in [4.69, 9.17) is 17.7 Å². The van der Waals surface area contributed by atoms with Crippen LogP contribution in [0.25, 0.3) is 0 Å². The summed E-state index contributed by atoms with van der Waals surface area (Å²) in [5.41, 5.74) is 1.91. The topological polar surface area (TPSA) is 36.9 Å². The lowest BCUT2D eigenvalue weighted by molar-refractivity contribution is 0.102. The molecule has 0 rings (SSSR count). The number of hydrogen-bond donors (Lipinski definition) is 0. The lowest BCUT2D eigenvalue weighted by Crippen LogP contribution is -2.49. The van der Waals surface area contributed by atoms with E-state index in [1.807, 2.05) is 33.4 Å². The van der Waals surface area contributed by atoms with E-state index in [9.17, 15) is 0 Å². The van der Waals surface area contributed by atoms with E-state index in [2.05, 4.69) is 40.8 Å². The normalized spacial score (nSPS) is 13.6. The number of rotatable bonds is 12. The lowest BCUT2D eigenvalue weighted by Gasteiger charge is -2.36. The van der Waals surface area contributed by atoms with Gasteiger partial charge in [-0.2, -0.15) is 0 Å². The van der Waals surface area contributed by atoms with Gasteiger partial charge < -0.3 is 17.7 Å². The Kier molecular flexibility index (Phi) is 10.1. The van der Waals surface area contributed by atoms with Crippen LogP contribution in [0, 0.1) is 0 Å². The third-order valence-corrected chi connectivity index (χ3v) is 9.99. The van der Waals surface area contributed by atoms with Crippen molar-refractivity contribution in [3.63, 3.8) is 0 Å². The molecule has 0 bridgehead atoms. The molecule has 0 amide bonds. The van der Waals surface area contributed by atoms with E-state index in [1.54, 1.807) is 0 Å². The first-order valence-corrected chi connectivity index (χ1v) is 13.4. The highest BCUT2D eigenvalue weighted by molar-refractivity contribution is 6.75. The summed E-state index contributed by atoms with van der Waals surface area (Å²) < 4.78 is 24.8. The molecule has 0 saturated heterocycles. The molecule has 0 aromatic heterocycles. The maximum absolute atomic E-state index is 6.21. The first kappa shape index (κ1) is 23.0. The Balaban J connectivity index is 5.17.